The van der Waals surface area contributed by atoms with E-state index < -0.39 is 0 Å². The van der Waals surface area contributed by atoms with Crippen LogP contribution in [0.25, 0.3) is 0 Å². The zero-order valence-corrected chi connectivity index (χ0v) is 17.5. The Morgan fingerprint density at radius 1 is 0.800 bits per heavy atom. The van der Waals surface area contributed by atoms with E-state index in [1.165, 1.54) is 19.3 Å². The summed E-state index contributed by atoms with van der Waals surface area (Å²) < 4.78 is 11.7. The van der Waals surface area contributed by atoms with Gasteiger partial charge in [-0.05, 0) is 48.4 Å². The van der Waals surface area contributed by atoms with Crippen LogP contribution in [0.4, 0.5) is 5.69 Å². The minimum Gasteiger partial charge on any atom is -0.494 e. The number of rotatable bonds is 11. The molecule has 0 saturated carbocycles. The van der Waals surface area contributed by atoms with Crippen LogP contribution in [0, 0.1) is 0 Å². The van der Waals surface area contributed by atoms with Crippen molar-refractivity contribution < 1.29 is 14.3 Å². The van der Waals surface area contributed by atoms with Gasteiger partial charge in [0, 0.05) is 5.69 Å². The van der Waals surface area contributed by atoms with E-state index in [4.69, 9.17) is 9.47 Å². The topological polar surface area (TPSA) is 47.6 Å². The molecule has 3 aromatic rings. The number of nitrogens with one attached hydrogen (secondary N) is 1. The molecule has 3 aromatic carbocycles. The Balaban J connectivity index is 1.55. The first-order chi connectivity index (χ1) is 14.8. The quantitative estimate of drug-likeness (QED) is 0.373. The molecule has 0 atom stereocenters. The van der Waals surface area contributed by atoms with Crippen LogP contribution in [0.2, 0.25) is 0 Å². The second-order valence-corrected chi connectivity index (χ2v) is 7.16. The molecule has 0 radical (unpaired) electrons. The maximum atomic E-state index is 12.8. The lowest BCUT2D eigenvalue weighted by Crippen LogP contribution is -2.13. The van der Waals surface area contributed by atoms with Crippen LogP contribution in [0.15, 0.2) is 78.9 Å². The highest BCUT2D eigenvalue weighted by molar-refractivity contribution is 6.06. The fourth-order valence-electron chi connectivity index (χ4n) is 3.07. The Labute approximate surface area is 178 Å². The van der Waals surface area contributed by atoms with Crippen LogP contribution < -0.4 is 14.8 Å². The Kier molecular flexibility index (Phi) is 8.34. The van der Waals surface area contributed by atoms with Gasteiger partial charge in [0.1, 0.15) is 18.1 Å². The second-order valence-electron chi connectivity index (χ2n) is 7.16. The first-order valence-corrected chi connectivity index (χ1v) is 10.6. The fraction of sp³-hybridized carbons (Fsp3) is 0.269. The lowest BCUT2D eigenvalue weighted by Gasteiger charge is -2.12. The van der Waals surface area contributed by atoms with Crippen LogP contribution in [0.1, 0.15) is 48.5 Å². The smallest absolute Gasteiger partial charge is 0.259 e. The average Bonchev–Trinajstić information content (AvgIpc) is 2.79. The number of hydrogen-bond donors (Lipinski definition) is 1. The van der Waals surface area contributed by atoms with Crippen LogP contribution >= 0.6 is 0 Å². The van der Waals surface area contributed by atoms with E-state index in [2.05, 4.69) is 12.2 Å². The highest BCUT2D eigenvalue weighted by atomic mass is 16.5. The van der Waals surface area contributed by atoms with Gasteiger partial charge in [0.2, 0.25) is 0 Å². The molecule has 0 saturated heterocycles. The van der Waals surface area contributed by atoms with Crippen molar-refractivity contribution in [3.8, 4) is 11.5 Å². The normalized spacial score (nSPS) is 10.4. The van der Waals surface area contributed by atoms with Gasteiger partial charge in [-0.25, -0.2) is 0 Å². The van der Waals surface area contributed by atoms with Gasteiger partial charge >= 0.3 is 0 Å². The van der Waals surface area contributed by atoms with Crippen LogP contribution in [0.3, 0.4) is 0 Å². The number of anilines is 1. The number of carbonyl (C=O) groups is 1. The Hall–Kier alpha value is -3.27. The molecule has 1 N–H and O–H groups in total. The van der Waals surface area contributed by atoms with E-state index in [0.29, 0.717) is 17.9 Å². The van der Waals surface area contributed by atoms with E-state index in [0.717, 1.165) is 30.0 Å². The van der Waals surface area contributed by atoms with E-state index in [1.807, 2.05) is 72.8 Å². The monoisotopic (exact) mass is 403 g/mol. The molecule has 0 fully saturated rings. The number of carbonyl (C=O) groups excluding carboxylic acids is 1. The van der Waals surface area contributed by atoms with Crippen molar-refractivity contribution in [2.45, 2.75) is 39.2 Å². The third-order valence-corrected chi connectivity index (χ3v) is 4.75. The lowest BCUT2D eigenvalue weighted by atomic mass is 10.1. The van der Waals surface area contributed by atoms with E-state index in [1.54, 1.807) is 6.07 Å². The predicted molar refractivity (Wildman–Crippen MR) is 121 cm³/mol. The summed E-state index contributed by atoms with van der Waals surface area (Å²) in [7, 11) is 0. The van der Waals surface area contributed by atoms with Crippen molar-refractivity contribution in [1.29, 1.82) is 0 Å². The molecule has 0 aliphatic carbocycles. The molecule has 0 bridgehead atoms. The minimum absolute atomic E-state index is 0.202. The summed E-state index contributed by atoms with van der Waals surface area (Å²) in [5, 5.41) is 2.93. The SMILES string of the molecule is CCCCCCOc1ccc(NC(=O)c2ccccc2OCc2ccccc2)cc1. The van der Waals surface area contributed by atoms with Gasteiger partial charge in [-0.15, -0.1) is 0 Å². The third-order valence-electron chi connectivity index (χ3n) is 4.75. The molecule has 4 heteroatoms. The minimum atomic E-state index is -0.202. The summed E-state index contributed by atoms with van der Waals surface area (Å²) in [6.45, 7) is 3.33. The van der Waals surface area contributed by atoms with Gasteiger partial charge in [0.15, 0.2) is 0 Å². The third kappa shape index (κ3) is 6.66. The molecule has 0 unspecified atom stereocenters. The van der Waals surface area contributed by atoms with E-state index >= 15 is 0 Å². The van der Waals surface area contributed by atoms with Gasteiger partial charge in [-0.3, -0.25) is 4.79 Å². The van der Waals surface area contributed by atoms with E-state index in [9.17, 15) is 4.79 Å². The number of benzene rings is 3. The molecular weight excluding hydrogens is 374 g/mol. The first-order valence-electron chi connectivity index (χ1n) is 10.6. The van der Waals surface area contributed by atoms with Gasteiger partial charge in [-0.1, -0.05) is 68.7 Å². The van der Waals surface area contributed by atoms with E-state index in [-0.39, 0.29) is 5.91 Å². The molecule has 1 amide bonds. The fourth-order valence-corrected chi connectivity index (χ4v) is 3.07. The highest BCUT2D eigenvalue weighted by Crippen LogP contribution is 2.22. The van der Waals surface area contributed by atoms with Crippen molar-refractivity contribution in [3.05, 3.63) is 90.0 Å². The number of amides is 1. The largest absolute Gasteiger partial charge is 0.494 e. The number of hydrogen-bond acceptors (Lipinski definition) is 3. The summed E-state index contributed by atoms with van der Waals surface area (Å²) in [5.74, 6) is 1.17. The van der Waals surface area contributed by atoms with Crippen LogP contribution in [-0.4, -0.2) is 12.5 Å². The van der Waals surface area contributed by atoms with Crippen LogP contribution in [-0.2, 0) is 6.61 Å². The summed E-state index contributed by atoms with van der Waals surface area (Å²) in [4.78, 5) is 12.8. The standard InChI is InChI=1S/C26H29NO3/c1-2-3-4-10-19-29-23-17-15-22(16-18-23)27-26(28)24-13-8-9-14-25(24)30-20-21-11-6-5-7-12-21/h5-9,11-18H,2-4,10,19-20H2,1H3,(H,27,28). The van der Waals surface area contributed by atoms with Gasteiger partial charge in [-0.2, -0.15) is 0 Å². The van der Waals surface area contributed by atoms with Gasteiger partial charge in [0.25, 0.3) is 5.91 Å². The molecule has 0 aliphatic heterocycles. The summed E-state index contributed by atoms with van der Waals surface area (Å²) in [5.41, 5.74) is 2.28. The molecule has 0 spiro atoms. The Morgan fingerprint density at radius 3 is 2.30 bits per heavy atom. The predicted octanol–water partition coefficient (Wildman–Crippen LogP) is 6.48. The summed E-state index contributed by atoms with van der Waals surface area (Å²) >= 11 is 0. The van der Waals surface area contributed by atoms with Crippen molar-refractivity contribution in [2.24, 2.45) is 0 Å². The van der Waals surface area contributed by atoms with Crippen molar-refractivity contribution in [1.82, 2.24) is 0 Å². The molecule has 0 aromatic heterocycles. The van der Waals surface area contributed by atoms with Gasteiger partial charge in [0.05, 0.1) is 12.2 Å². The molecule has 3 rings (SSSR count). The first kappa shape index (κ1) is 21.4. The summed E-state index contributed by atoms with van der Waals surface area (Å²) in [6, 6.07) is 24.6. The van der Waals surface area contributed by atoms with Crippen molar-refractivity contribution in [3.63, 3.8) is 0 Å². The molecule has 4 nitrogen and oxygen atoms in total. The highest BCUT2D eigenvalue weighted by Gasteiger charge is 2.12. The molecule has 0 heterocycles. The zero-order valence-electron chi connectivity index (χ0n) is 17.5. The Bertz CT molecular complexity index is 907. The second kappa shape index (κ2) is 11.7. The Morgan fingerprint density at radius 2 is 1.53 bits per heavy atom. The number of para-hydroxylation sites is 1. The van der Waals surface area contributed by atoms with Crippen molar-refractivity contribution in [2.75, 3.05) is 11.9 Å². The lowest BCUT2D eigenvalue weighted by molar-refractivity contribution is 0.102. The van der Waals surface area contributed by atoms with Gasteiger partial charge < -0.3 is 14.8 Å². The molecular formula is C26H29NO3. The number of unbranched alkanes of at least 4 members (excludes halogenated alkanes) is 3. The maximum Gasteiger partial charge on any atom is 0.259 e. The number of ether oxygens (including phenoxy) is 2. The maximum absolute atomic E-state index is 12.8. The zero-order chi connectivity index (χ0) is 21.0. The molecule has 30 heavy (non-hydrogen) atoms. The van der Waals surface area contributed by atoms with Crippen LogP contribution in [0.5, 0.6) is 11.5 Å². The average molecular weight is 404 g/mol. The van der Waals surface area contributed by atoms with Crippen molar-refractivity contribution >= 4 is 11.6 Å². The molecule has 156 valence electrons. The molecule has 0 aliphatic rings. The summed E-state index contributed by atoms with van der Waals surface area (Å²) in [6.07, 6.45) is 4.71.